The van der Waals surface area contributed by atoms with Crippen molar-refractivity contribution in [3.63, 3.8) is 0 Å². The minimum Gasteiger partial charge on any atom is -0.497 e. The number of benzene rings is 3. The lowest BCUT2D eigenvalue weighted by molar-refractivity contribution is 0.255. The quantitative estimate of drug-likeness (QED) is 0.391. The van der Waals surface area contributed by atoms with E-state index < -0.39 is 0 Å². The second-order valence-electron chi connectivity index (χ2n) is 9.30. The van der Waals surface area contributed by atoms with E-state index >= 15 is 0 Å². The number of imidazole rings is 1. The molecular weight excluding hydrogens is 410 g/mol. The van der Waals surface area contributed by atoms with Crippen LogP contribution in [0.3, 0.4) is 0 Å². The van der Waals surface area contributed by atoms with Gasteiger partial charge in [-0.15, -0.1) is 0 Å². The van der Waals surface area contributed by atoms with Crippen molar-refractivity contribution in [3.05, 3.63) is 77.1 Å². The Bertz CT molecular complexity index is 1350. The van der Waals surface area contributed by atoms with Gasteiger partial charge >= 0.3 is 0 Å². The topological polar surface area (TPSA) is 48.3 Å². The molecule has 1 atom stereocenters. The highest BCUT2D eigenvalue weighted by molar-refractivity contribution is 5.80. The monoisotopic (exact) mass is 439 g/mol. The van der Waals surface area contributed by atoms with Gasteiger partial charge in [-0.05, 0) is 67.6 Å². The van der Waals surface area contributed by atoms with E-state index in [1.807, 2.05) is 12.1 Å². The van der Waals surface area contributed by atoms with Crippen molar-refractivity contribution in [1.82, 2.24) is 9.55 Å². The van der Waals surface area contributed by atoms with Gasteiger partial charge in [-0.3, -0.25) is 4.57 Å². The van der Waals surface area contributed by atoms with Crippen LogP contribution >= 0.6 is 0 Å². The summed E-state index contributed by atoms with van der Waals surface area (Å²) < 4.78 is 13.7. The van der Waals surface area contributed by atoms with Crippen molar-refractivity contribution in [1.29, 1.82) is 0 Å². The number of nitrogens with zero attached hydrogens (tertiary/aromatic N) is 2. The van der Waals surface area contributed by atoms with E-state index in [4.69, 9.17) is 14.5 Å². The summed E-state index contributed by atoms with van der Waals surface area (Å²) in [5.74, 6) is 3.55. The van der Waals surface area contributed by atoms with Gasteiger partial charge in [-0.25, -0.2) is 4.98 Å². The summed E-state index contributed by atoms with van der Waals surface area (Å²) in [7, 11) is 1.70. The summed E-state index contributed by atoms with van der Waals surface area (Å²) in [6.45, 7) is 5.09. The molecule has 5 heteroatoms. The third-order valence-corrected chi connectivity index (χ3v) is 6.87. The lowest BCUT2D eigenvalue weighted by Crippen LogP contribution is -2.07. The Kier molecular flexibility index (Phi) is 4.79. The zero-order valence-electron chi connectivity index (χ0n) is 19.4. The molecule has 2 aliphatic rings. The molecule has 168 valence electrons. The fraction of sp³-hybridized carbons (Fsp3) is 0.321. The van der Waals surface area contributed by atoms with Gasteiger partial charge < -0.3 is 14.8 Å². The second kappa shape index (κ2) is 7.84. The van der Waals surface area contributed by atoms with E-state index in [0.717, 1.165) is 47.0 Å². The minimum atomic E-state index is 0.264. The molecule has 33 heavy (non-hydrogen) atoms. The molecule has 3 aromatic carbocycles. The summed E-state index contributed by atoms with van der Waals surface area (Å²) in [6.07, 6.45) is 3.67. The highest BCUT2D eigenvalue weighted by Gasteiger charge is 2.30. The normalized spacial score (nSPS) is 17.1. The lowest BCUT2D eigenvalue weighted by Gasteiger charge is -2.16. The van der Waals surface area contributed by atoms with Gasteiger partial charge in [0.2, 0.25) is 0 Å². The van der Waals surface area contributed by atoms with Gasteiger partial charge in [0.15, 0.2) is 0 Å². The van der Waals surface area contributed by atoms with Crippen LogP contribution in [0.4, 0.5) is 5.69 Å². The maximum atomic E-state index is 5.93. The van der Waals surface area contributed by atoms with Gasteiger partial charge in [-0.1, -0.05) is 18.2 Å². The third kappa shape index (κ3) is 3.62. The molecule has 5 nitrogen and oxygen atoms in total. The average molecular weight is 440 g/mol. The first-order valence-electron chi connectivity index (χ1n) is 11.8. The summed E-state index contributed by atoms with van der Waals surface area (Å²) in [4.78, 5) is 5.02. The van der Waals surface area contributed by atoms with Crippen molar-refractivity contribution >= 4 is 16.7 Å². The van der Waals surface area contributed by atoms with Crippen molar-refractivity contribution in [2.24, 2.45) is 0 Å². The maximum absolute atomic E-state index is 5.93. The van der Waals surface area contributed by atoms with E-state index in [9.17, 15) is 0 Å². The molecule has 1 aliphatic carbocycles. The van der Waals surface area contributed by atoms with Crippen molar-refractivity contribution in [2.75, 3.05) is 12.4 Å². The summed E-state index contributed by atoms with van der Waals surface area (Å²) in [5.41, 5.74) is 8.26. The molecule has 0 amide bonds. The Morgan fingerprint density at radius 2 is 2.00 bits per heavy atom. The van der Waals surface area contributed by atoms with Crippen LogP contribution in [0.15, 0.2) is 54.6 Å². The van der Waals surface area contributed by atoms with Gasteiger partial charge in [0.1, 0.15) is 23.4 Å². The molecule has 0 bridgehead atoms. The average Bonchev–Trinajstić information content (AvgIpc) is 3.50. The number of hydrogen-bond donors (Lipinski definition) is 1. The first-order chi connectivity index (χ1) is 16.1. The van der Waals surface area contributed by atoms with E-state index in [1.165, 1.54) is 35.2 Å². The largest absolute Gasteiger partial charge is 0.497 e. The molecule has 2 heterocycles. The molecule has 1 fully saturated rings. The first kappa shape index (κ1) is 20.2. The number of fused-ring (bicyclic) bond motifs is 2. The fourth-order valence-corrected chi connectivity index (χ4v) is 4.89. The van der Waals surface area contributed by atoms with Crippen LogP contribution in [0.1, 0.15) is 48.2 Å². The number of ether oxygens (including phenoxy) is 2. The predicted molar refractivity (Wildman–Crippen MR) is 132 cm³/mol. The zero-order chi connectivity index (χ0) is 22.5. The molecule has 0 saturated heterocycles. The Morgan fingerprint density at radius 1 is 1.12 bits per heavy atom. The van der Waals surface area contributed by atoms with Crippen LogP contribution in [-0.2, 0) is 13.0 Å². The highest BCUT2D eigenvalue weighted by atomic mass is 16.5. The van der Waals surface area contributed by atoms with Gasteiger partial charge in [0.25, 0.3) is 0 Å². The molecule has 1 aliphatic heterocycles. The Hall–Kier alpha value is -3.47. The smallest absolute Gasteiger partial charge is 0.125 e. The molecule has 0 spiro atoms. The van der Waals surface area contributed by atoms with Crippen molar-refractivity contribution in [2.45, 2.75) is 51.7 Å². The molecule has 0 radical (unpaired) electrons. The molecule has 4 aromatic rings. The van der Waals surface area contributed by atoms with Crippen molar-refractivity contribution in [3.8, 4) is 17.2 Å². The van der Waals surface area contributed by atoms with Crippen LogP contribution in [0.2, 0.25) is 0 Å². The third-order valence-electron chi connectivity index (χ3n) is 6.87. The van der Waals surface area contributed by atoms with Crippen molar-refractivity contribution < 1.29 is 9.47 Å². The number of anilines is 1. The SMILES string of the molecule is COc1ccc2c(c1)nc(C1CC1)n2-c1cccc(CNc2ccc3c(c2)OC(C)C3)c1C. The number of methoxy groups -OCH3 is 1. The Balaban J connectivity index is 1.34. The number of nitrogens with one attached hydrogen (secondary N) is 1. The number of rotatable bonds is 6. The molecule has 1 saturated carbocycles. The summed E-state index contributed by atoms with van der Waals surface area (Å²) >= 11 is 0. The predicted octanol–water partition coefficient (Wildman–Crippen LogP) is 6.16. The van der Waals surface area contributed by atoms with Gasteiger partial charge in [0.05, 0.1) is 23.8 Å². The Labute approximate surface area is 194 Å². The molecule has 6 rings (SSSR count). The van der Waals surface area contributed by atoms with Crippen LogP contribution < -0.4 is 14.8 Å². The molecule has 1 aromatic heterocycles. The minimum absolute atomic E-state index is 0.264. The molecule has 1 unspecified atom stereocenters. The van der Waals surface area contributed by atoms with E-state index in [-0.39, 0.29) is 6.10 Å². The van der Waals surface area contributed by atoms with Crippen LogP contribution in [-0.4, -0.2) is 22.8 Å². The fourth-order valence-electron chi connectivity index (χ4n) is 4.89. The number of aromatic nitrogens is 2. The lowest BCUT2D eigenvalue weighted by atomic mass is 10.1. The Morgan fingerprint density at radius 3 is 2.82 bits per heavy atom. The van der Waals surface area contributed by atoms with E-state index in [2.05, 4.69) is 66.2 Å². The zero-order valence-corrected chi connectivity index (χ0v) is 19.4. The first-order valence-corrected chi connectivity index (χ1v) is 11.8. The van der Waals surface area contributed by atoms with E-state index in [1.54, 1.807) is 7.11 Å². The standard InChI is InChI=1S/C28H29N3O2/c1-17-13-20-9-10-22(14-27(20)33-17)29-16-21-5-4-6-25(18(21)2)31-26-12-11-23(32-3)15-24(26)30-28(31)19-7-8-19/h4-6,9-12,14-15,17,19,29H,7-8,13,16H2,1-3H3. The van der Waals surface area contributed by atoms with Gasteiger partial charge in [-0.2, -0.15) is 0 Å². The number of hydrogen-bond acceptors (Lipinski definition) is 4. The highest BCUT2D eigenvalue weighted by Crippen LogP contribution is 2.42. The van der Waals surface area contributed by atoms with E-state index in [0.29, 0.717) is 5.92 Å². The summed E-state index contributed by atoms with van der Waals surface area (Å²) in [6, 6.07) is 19.2. The second-order valence-corrected chi connectivity index (χ2v) is 9.30. The van der Waals surface area contributed by atoms with Crippen LogP contribution in [0.25, 0.3) is 16.7 Å². The molecular formula is C28H29N3O2. The molecule has 1 N–H and O–H groups in total. The summed E-state index contributed by atoms with van der Waals surface area (Å²) in [5, 5.41) is 3.60. The van der Waals surface area contributed by atoms with Gasteiger partial charge in [0, 0.05) is 36.7 Å². The van der Waals surface area contributed by atoms with Crippen LogP contribution in [0, 0.1) is 6.92 Å². The maximum Gasteiger partial charge on any atom is 0.125 e. The van der Waals surface area contributed by atoms with Crippen LogP contribution in [0.5, 0.6) is 11.5 Å².